The van der Waals surface area contributed by atoms with Gasteiger partial charge in [-0.1, -0.05) is 31.0 Å². The minimum atomic E-state index is -0.574. The number of hydrogen-bond donors (Lipinski definition) is 2. The first-order valence-corrected chi connectivity index (χ1v) is 9.25. The lowest BCUT2D eigenvalue weighted by Gasteiger charge is -2.17. The maximum atomic E-state index is 11.8. The molecule has 8 nitrogen and oxygen atoms in total. The number of thioether (sulfide) groups is 1. The Kier molecular flexibility index (Phi) is 6.10. The van der Waals surface area contributed by atoms with Crippen LogP contribution < -0.4 is 10.6 Å². The first-order valence-electron chi connectivity index (χ1n) is 8.27. The Morgan fingerprint density at radius 2 is 2.08 bits per heavy atom. The first-order chi connectivity index (χ1) is 12.2. The third-order valence-corrected chi connectivity index (χ3v) is 4.78. The van der Waals surface area contributed by atoms with Gasteiger partial charge in [0.05, 0.1) is 18.6 Å². The monoisotopic (exact) mass is 364 g/mol. The zero-order chi connectivity index (χ0) is 17.5. The second-order valence-electron chi connectivity index (χ2n) is 5.84. The van der Waals surface area contributed by atoms with Crippen LogP contribution in [0.1, 0.15) is 49.7 Å². The molecular weight excluding hydrogens is 344 g/mol. The van der Waals surface area contributed by atoms with Gasteiger partial charge in [-0.05, 0) is 25.0 Å². The summed E-state index contributed by atoms with van der Waals surface area (Å²) in [4.78, 5) is 23.4. The average Bonchev–Trinajstić information content (AvgIpc) is 3.31. The summed E-state index contributed by atoms with van der Waals surface area (Å²) in [6.07, 6.45) is 7.29. The minimum Gasteiger partial charge on any atom is -0.467 e. The molecule has 134 valence electrons. The Bertz CT molecular complexity index is 695. The van der Waals surface area contributed by atoms with Gasteiger partial charge < -0.3 is 14.2 Å². The van der Waals surface area contributed by atoms with E-state index in [1.54, 1.807) is 12.1 Å². The van der Waals surface area contributed by atoms with Gasteiger partial charge in [0.1, 0.15) is 5.76 Å². The van der Waals surface area contributed by atoms with Gasteiger partial charge >= 0.3 is 6.03 Å². The third-order valence-electron chi connectivity index (χ3n) is 3.96. The Morgan fingerprint density at radius 3 is 2.84 bits per heavy atom. The predicted octanol–water partition coefficient (Wildman–Crippen LogP) is 2.83. The number of carbonyl (C=O) groups excluding carboxylic acids is 2. The molecule has 0 saturated heterocycles. The summed E-state index contributed by atoms with van der Waals surface area (Å²) in [5.41, 5.74) is 0. The van der Waals surface area contributed by atoms with Crippen molar-refractivity contribution in [3.63, 3.8) is 0 Å². The molecule has 0 spiro atoms. The molecule has 3 rings (SSSR count). The van der Waals surface area contributed by atoms with Crippen LogP contribution in [0, 0.1) is 0 Å². The number of imide groups is 1. The van der Waals surface area contributed by atoms with E-state index in [0.717, 1.165) is 24.6 Å². The van der Waals surface area contributed by atoms with E-state index in [0.29, 0.717) is 22.8 Å². The predicted molar refractivity (Wildman–Crippen MR) is 89.9 cm³/mol. The maximum absolute atomic E-state index is 11.8. The van der Waals surface area contributed by atoms with Crippen molar-refractivity contribution in [2.45, 2.75) is 49.8 Å². The van der Waals surface area contributed by atoms with Crippen LogP contribution in [0.25, 0.3) is 0 Å². The SMILES string of the molecule is O=C(CSc1nnc(C2CCCCC2)o1)NC(=O)NCc1ccco1. The zero-order valence-corrected chi connectivity index (χ0v) is 14.5. The van der Waals surface area contributed by atoms with Crippen LogP contribution in [0.15, 0.2) is 32.5 Å². The molecular formula is C16H20N4O4S. The summed E-state index contributed by atoms with van der Waals surface area (Å²) < 4.78 is 10.7. The van der Waals surface area contributed by atoms with E-state index in [-0.39, 0.29) is 12.3 Å². The fraction of sp³-hybridized carbons (Fsp3) is 0.500. The molecule has 2 N–H and O–H groups in total. The second-order valence-corrected chi connectivity index (χ2v) is 6.77. The van der Waals surface area contributed by atoms with Gasteiger partial charge in [-0.3, -0.25) is 10.1 Å². The molecule has 25 heavy (non-hydrogen) atoms. The van der Waals surface area contributed by atoms with Gasteiger partial charge in [0, 0.05) is 5.92 Å². The Hall–Kier alpha value is -2.29. The van der Waals surface area contributed by atoms with Crippen LogP contribution in [0.4, 0.5) is 4.79 Å². The highest BCUT2D eigenvalue weighted by Crippen LogP contribution is 2.32. The Balaban J connectivity index is 1.38. The van der Waals surface area contributed by atoms with Crippen molar-refractivity contribution in [2.24, 2.45) is 0 Å². The van der Waals surface area contributed by atoms with Crippen molar-refractivity contribution in [3.05, 3.63) is 30.0 Å². The van der Waals surface area contributed by atoms with Crippen LogP contribution in [-0.2, 0) is 11.3 Å². The first kappa shape index (κ1) is 17.5. The average molecular weight is 364 g/mol. The van der Waals surface area contributed by atoms with Crippen LogP contribution in [0.2, 0.25) is 0 Å². The van der Waals surface area contributed by atoms with Crippen molar-refractivity contribution in [3.8, 4) is 0 Å². The molecule has 1 fully saturated rings. The summed E-state index contributed by atoms with van der Waals surface area (Å²) >= 11 is 1.12. The summed E-state index contributed by atoms with van der Waals surface area (Å²) in [5, 5.41) is 13.2. The molecule has 1 aliphatic carbocycles. The molecule has 0 radical (unpaired) electrons. The lowest BCUT2D eigenvalue weighted by atomic mass is 9.89. The maximum Gasteiger partial charge on any atom is 0.321 e. The van der Waals surface area contributed by atoms with Gasteiger partial charge in [-0.15, -0.1) is 10.2 Å². The van der Waals surface area contributed by atoms with Crippen LogP contribution >= 0.6 is 11.8 Å². The van der Waals surface area contributed by atoms with E-state index < -0.39 is 11.9 Å². The summed E-state index contributed by atoms with van der Waals surface area (Å²) in [6, 6.07) is 2.88. The van der Waals surface area contributed by atoms with Gasteiger partial charge in [-0.25, -0.2) is 4.79 Å². The summed E-state index contributed by atoms with van der Waals surface area (Å²) in [6.45, 7) is 0.216. The molecule has 3 amide bonds. The normalized spacial score (nSPS) is 15.0. The van der Waals surface area contributed by atoms with E-state index in [1.165, 1.54) is 25.5 Å². The third kappa shape index (κ3) is 5.35. The summed E-state index contributed by atoms with van der Waals surface area (Å²) in [7, 11) is 0. The number of carbonyl (C=O) groups is 2. The topological polar surface area (TPSA) is 110 Å². The van der Waals surface area contributed by atoms with Gasteiger partial charge in [0.2, 0.25) is 11.8 Å². The largest absolute Gasteiger partial charge is 0.467 e. The van der Waals surface area contributed by atoms with Crippen LogP contribution in [0.5, 0.6) is 0 Å². The molecule has 0 atom stereocenters. The highest BCUT2D eigenvalue weighted by Gasteiger charge is 2.21. The van der Waals surface area contributed by atoms with E-state index in [9.17, 15) is 9.59 Å². The van der Waals surface area contributed by atoms with Gasteiger partial charge in [-0.2, -0.15) is 0 Å². The molecule has 2 heterocycles. The van der Waals surface area contributed by atoms with Gasteiger partial charge in [0.25, 0.3) is 5.22 Å². The van der Waals surface area contributed by atoms with Crippen molar-refractivity contribution in [1.82, 2.24) is 20.8 Å². The Labute approximate surface area is 149 Å². The Morgan fingerprint density at radius 1 is 1.24 bits per heavy atom. The molecule has 1 aliphatic rings. The molecule has 0 bridgehead atoms. The van der Waals surface area contributed by atoms with Crippen molar-refractivity contribution >= 4 is 23.7 Å². The standard InChI is InChI=1S/C16H20N4O4S/c21-13(18-15(22)17-9-12-7-4-8-23-12)10-25-16-20-19-14(24-16)11-5-2-1-3-6-11/h4,7-8,11H,1-3,5-6,9-10H2,(H2,17,18,21,22). The zero-order valence-electron chi connectivity index (χ0n) is 13.7. The number of urea groups is 1. The summed E-state index contributed by atoms with van der Waals surface area (Å²) in [5.74, 6) is 1.19. The smallest absolute Gasteiger partial charge is 0.321 e. The van der Waals surface area contributed by atoms with E-state index >= 15 is 0 Å². The lowest BCUT2D eigenvalue weighted by Crippen LogP contribution is -2.39. The number of aromatic nitrogens is 2. The molecule has 2 aromatic heterocycles. The van der Waals surface area contributed by atoms with E-state index in [2.05, 4.69) is 20.8 Å². The van der Waals surface area contributed by atoms with E-state index in [1.807, 2.05) is 0 Å². The number of amides is 3. The van der Waals surface area contributed by atoms with Crippen molar-refractivity contribution in [1.29, 1.82) is 0 Å². The minimum absolute atomic E-state index is 0.0282. The number of furan rings is 1. The molecule has 9 heteroatoms. The van der Waals surface area contributed by atoms with Crippen LogP contribution in [-0.4, -0.2) is 27.9 Å². The van der Waals surface area contributed by atoms with Crippen LogP contribution in [0.3, 0.4) is 0 Å². The molecule has 0 aliphatic heterocycles. The fourth-order valence-corrected chi connectivity index (χ4v) is 3.28. The van der Waals surface area contributed by atoms with Crippen molar-refractivity contribution in [2.75, 3.05) is 5.75 Å². The number of nitrogens with zero attached hydrogens (tertiary/aromatic N) is 2. The molecule has 1 saturated carbocycles. The highest BCUT2D eigenvalue weighted by atomic mass is 32.2. The quantitative estimate of drug-likeness (QED) is 0.758. The second kappa shape index (κ2) is 8.70. The molecule has 2 aromatic rings. The molecule has 0 unspecified atom stereocenters. The van der Waals surface area contributed by atoms with Gasteiger partial charge in [0.15, 0.2) is 0 Å². The number of hydrogen-bond acceptors (Lipinski definition) is 7. The molecule has 0 aromatic carbocycles. The number of rotatable bonds is 6. The highest BCUT2D eigenvalue weighted by molar-refractivity contribution is 7.99. The fourth-order valence-electron chi connectivity index (χ4n) is 2.71. The number of nitrogens with one attached hydrogen (secondary N) is 2. The van der Waals surface area contributed by atoms with Crippen molar-refractivity contribution < 1.29 is 18.4 Å². The van der Waals surface area contributed by atoms with E-state index in [4.69, 9.17) is 8.83 Å². The lowest BCUT2D eigenvalue weighted by molar-refractivity contribution is -0.117.